The highest BCUT2D eigenvalue weighted by atomic mass is 15.4. The molecule has 0 saturated heterocycles. The van der Waals surface area contributed by atoms with Crippen molar-refractivity contribution in [1.29, 1.82) is 0 Å². The summed E-state index contributed by atoms with van der Waals surface area (Å²) in [4.78, 5) is 4.24. The van der Waals surface area contributed by atoms with Gasteiger partial charge in [-0.15, -0.1) is 5.10 Å². The minimum Gasteiger partial charge on any atom is -0.236 e. The molecule has 62 valence electrons. The summed E-state index contributed by atoms with van der Waals surface area (Å²) in [6, 6.07) is 7.94. The molecule has 0 unspecified atom stereocenters. The van der Waals surface area contributed by atoms with Crippen LogP contribution >= 0.6 is 0 Å². The van der Waals surface area contributed by atoms with Gasteiger partial charge in [-0.2, -0.15) is 0 Å². The molecule has 0 radical (unpaired) electrons. The monoisotopic (exact) mass is 170 g/mol. The van der Waals surface area contributed by atoms with E-state index in [9.17, 15) is 0 Å². The molecule has 0 aliphatic carbocycles. The van der Waals surface area contributed by atoms with Gasteiger partial charge in [-0.1, -0.05) is 23.4 Å². The average Bonchev–Trinajstić information content (AvgIpc) is 2.65. The van der Waals surface area contributed by atoms with Gasteiger partial charge in [-0.05, 0) is 6.07 Å². The van der Waals surface area contributed by atoms with E-state index >= 15 is 0 Å². The van der Waals surface area contributed by atoms with Gasteiger partial charge in [-0.25, -0.2) is 9.50 Å². The molecule has 3 aromatic rings. The maximum absolute atomic E-state index is 4.24. The molecule has 4 heteroatoms. The largest absolute Gasteiger partial charge is 0.236 e. The van der Waals surface area contributed by atoms with Gasteiger partial charge in [0.15, 0.2) is 0 Å². The Hall–Kier alpha value is -1.97. The van der Waals surface area contributed by atoms with Gasteiger partial charge in [0.25, 0.3) is 0 Å². The Labute approximate surface area is 73.8 Å². The Morgan fingerprint density at radius 2 is 2.08 bits per heavy atom. The molecular formula is C9H6N4. The molecule has 0 fully saturated rings. The summed E-state index contributed by atoms with van der Waals surface area (Å²) in [7, 11) is 0. The lowest BCUT2D eigenvalue weighted by Crippen LogP contribution is -1.90. The van der Waals surface area contributed by atoms with Crippen molar-refractivity contribution in [2.24, 2.45) is 0 Å². The number of benzene rings is 1. The van der Waals surface area contributed by atoms with Gasteiger partial charge in [0.05, 0.1) is 17.2 Å². The molecule has 0 aliphatic rings. The smallest absolute Gasteiger partial charge is 0.120 e. The van der Waals surface area contributed by atoms with E-state index in [0.717, 1.165) is 16.4 Å². The van der Waals surface area contributed by atoms with Crippen LogP contribution in [0.4, 0.5) is 0 Å². The summed E-state index contributed by atoms with van der Waals surface area (Å²) in [5.74, 6) is 0. The topological polar surface area (TPSA) is 43.1 Å². The molecule has 4 nitrogen and oxygen atoms in total. The average molecular weight is 170 g/mol. The molecule has 2 heterocycles. The van der Waals surface area contributed by atoms with Crippen LogP contribution in [0.15, 0.2) is 36.8 Å². The summed E-state index contributed by atoms with van der Waals surface area (Å²) in [5.41, 5.74) is 1.96. The predicted octanol–water partition coefficient (Wildman–Crippen LogP) is 1.28. The Bertz CT molecular complexity index is 570. The summed E-state index contributed by atoms with van der Waals surface area (Å²) < 4.78 is 1.67. The zero-order chi connectivity index (χ0) is 8.67. The van der Waals surface area contributed by atoms with Crippen molar-refractivity contribution in [3.05, 3.63) is 36.8 Å². The van der Waals surface area contributed by atoms with Gasteiger partial charge >= 0.3 is 0 Å². The number of rotatable bonds is 0. The Kier molecular flexibility index (Phi) is 1.14. The van der Waals surface area contributed by atoms with Gasteiger partial charge in [-0.3, -0.25) is 0 Å². The summed E-state index contributed by atoms with van der Waals surface area (Å²) in [5, 5.41) is 8.78. The second-order valence-corrected chi connectivity index (χ2v) is 2.83. The molecule has 0 spiro atoms. The lowest BCUT2D eigenvalue weighted by Gasteiger charge is -1.96. The fourth-order valence-electron chi connectivity index (χ4n) is 1.44. The zero-order valence-corrected chi connectivity index (χ0v) is 6.75. The summed E-state index contributed by atoms with van der Waals surface area (Å²) >= 11 is 0. The van der Waals surface area contributed by atoms with Crippen molar-refractivity contribution in [2.75, 3.05) is 0 Å². The van der Waals surface area contributed by atoms with Gasteiger partial charge in [0.2, 0.25) is 0 Å². The second kappa shape index (κ2) is 2.26. The predicted molar refractivity (Wildman–Crippen MR) is 48.3 cm³/mol. The molecule has 0 N–H and O–H groups in total. The highest BCUT2D eigenvalue weighted by Crippen LogP contribution is 2.15. The van der Waals surface area contributed by atoms with Crippen LogP contribution in [0.3, 0.4) is 0 Å². The van der Waals surface area contributed by atoms with E-state index in [-0.39, 0.29) is 0 Å². The fraction of sp³-hybridized carbons (Fsp3) is 0. The molecule has 0 aliphatic heterocycles. The first kappa shape index (κ1) is 6.54. The van der Waals surface area contributed by atoms with Crippen molar-refractivity contribution in [1.82, 2.24) is 19.8 Å². The Morgan fingerprint density at radius 1 is 1.15 bits per heavy atom. The van der Waals surface area contributed by atoms with Crippen molar-refractivity contribution in [3.63, 3.8) is 0 Å². The fourth-order valence-corrected chi connectivity index (χ4v) is 1.44. The van der Waals surface area contributed by atoms with Gasteiger partial charge in [0, 0.05) is 5.39 Å². The second-order valence-electron chi connectivity index (χ2n) is 2.83. The van der Waals surface area contributed by atoms with Crippen LogP contribution in [-0.4, -0.2) is 19.8 Å². The molecule has 0 saturated carbocycles. The van der Waals surface area contributed by atoms with Crippen molar-refractivity contribution >= 4 is 16.4 Å². The third-order valence-corrected chi connectivity index (χ3v) is 2.06. The maximum atomic E-state index is 4.24. The molecule has 3 rings (SSSR count). The number of fused-ring (bicyclic) bond motifs is 3. The highest BCUT2D eigenvalue weighted by Gasteiger charge is 2.00. The lowest BCUT2D eigenvalue weighted by atomic mass is 10.2. The molecule has 0 amide bonds. The minimum absolute atomic E-state index is 0.970. The molecule has 1 aromatic carbocycles. The number of nitrogens with zero attached hydrogens (tertiary/aromatic N) is 4. The lowest BCUT2D eigenvalue weighted by molar-refractivity contribution is 0.840. The van der Waals surface area contributed by atoms with E-state index in [0.29, 0.717) is 0 Å². The van der Waals surface area contributed by atoms with E-state index in [1.165, 1.54) is 0 Å². The van der Waals surface area contributed by atoms with Crippen LogP contribution in [0.25, 0.3) is 16.4 Å². The van der Waals surface area contributed by atoms with E-state index in [1.54, 1.807) is 17.0 Å². The minimum atomic E-state index is 0.970. The third-order valence-electron chi connectivity index (χ3n) is 2.06. The van der Waals surface area contributed by atoms with Crippen LogP contribution < -0.4 is 0 Å². The van der Waals surface area contributed by atoms with Crippen molar-refractivity contribution in [3.8, 4) is 0 Å². The highest BCUT2D eigenvalue weighted by molar-refractivity contribution is 5.92. The Balaban J connectivity index is 2.65. The first-order valence-corrected chi connectivity index (χ1v) is 3.99. The van der Waals surface area contributed by atoms with Gasteiger partial charge in [0.1, 0.15) is 6.33 Å². The van der Waals surface area contributed by atoms with Crippen LogP contribution in [-0.2, 0) is 0 Å². The van der Waals surface area contributed by atoms with E-state index in [4.69, 9.17) is 0 Å². The quantitative estimate of drug-likeness (QED) is 0.510. The zero-order valence-electron chi connectivity index (χ0n) is 6.75. The summed E-state index contributed by atoms with van der Waals surface area (Å²) in [6.45, 7) is 0. The SMILES string of the molecule is c1ccc2c(c1)ncn1nncc21. The van der Waals surface area contributed by atoms with E-state index in [1.807, 2.05) is 24.3 Å². The number of aromatic nitrogens is 4. The molecule has 13 heavy (non-hydrogen) atoms. The first-order chi connectivity index (χ1) is 6.45. The van der Waals surface area contributed by atoms with Crippen LogP contribution in [0.5, 0.6) is 0 Å². The summed E-state index contributed by atoms with van der Waals surface area (Å²) in [6.07, 6.45) is 3.41. The van der Waals surface area contributed by atoms with Crippen LogP contribution in [0.1, 0.15) is 0 Å². The number of para-hydroxylation sites is 1. The van der Waals surface area contributed by atoms with Crippen LogP contribution in [0, 0.1) is 0 Å². The van der Waals surface area contributed by atoms with Gasteiger partial charge < -0.3 is 0 Å². The molecule has 0 atom stereocenters. The maximum Gasteiger partial charge on any atom is 0.120 e. The van der Waals surface area contributed by atoms with E-state index in [2.05, 4.69) is 15.3 Å². The number of hydrogen-bond donors (Lipinski definition) is 0. The van der Waals surface area contributed by atoms with Crippen molar-refractivity contribution < 1.29 is 0 Å². The van der Waals surface area contributed by atoms with Crippen molar-refractivity contribution in [2.45, 2.75) is 0 Å². The molecule has 2 aromatic heterocycles. The Morgan fingerprint density at radius 3 is 3.08 bits per heavy atom. The molecular weight excluding hydrogens is 164 g/mol. The molecule has 0 bridgehead atoms. The standard InChI is InChI=1S/C9H6N4/c1-2-4-8-7(3-1)9-5-11-12-13(9)6-10-8/h1-6H. The third kappa shape index (κ3) is 0.823. The van der Waals surface area contributed by atoms with E-state index < -0.39 is 0 Å². The van der Waals surface area contributed by atoms with Crippen LogP contribution in [0.2, 0.25) is 0 Å². The first-order valence-electron chi connectivity index (χ1n) is 3.99. The normalized spacial score (nSPS) is 11.1. The number of hydrogen-bond acceptors (Lipinski definition) is 3.